The third-order valence-electron chi connectivity index (χ3n) is 6.13. The molecule has 1 aliphatic rings. The smallest absolute Gasteiger partial charge is 0.243 e. The molecule has 0 atom stereocenters. The number of sulfonamides is 1. The fraction of sp³-hybridized carbons (Fsp3) is 0.333. The summed E-state index contributed by atoms with van der Waals surface area (Å²) in [6.45, 7) is 4.59. The fourth-order valence-electron chi connectivity index (χ4n) is 4.18. The third-order valence-corrected chi connectivity index (χ3v) is 8.29. The Hall–Kier alpha value is -2.75. The first-order valence-electron chi connectivity index (χ1n) is 11.0. The number of nitrogens with zero attached hydrogens (tertiary/aromatic N) is 3. The molecule has 2 heterocycles. The van der Waals surface area contributed by atoms with Gasteiger partial charge < -0.3 is 5.32 Å². The standard InChI is InChI=1S/C24H26ClFN4O3S/c1-16-23(17(2)30(28-16)15-18-4-3-5-21(26)14-18)27-24(31)19-10-12-29(13-11-19)34(32,33)22-8-6-20(25)7-9-22/h3-9,14,19H,10-13,15H2,1-2H3,(H,27,31). The summed E-state index contributed by atoms with van der Waals surface area (Å²) in [4.78, 5) is 13.2. The van der Waals surface area contributed by atoms with Crippen LogP contribution in [0.2, 0.25) is 5.02 Å². The molecule has 0 unspecified atom stereocenters. The Bertz CT molecular complexity index is 1300. The van der Waals surface area contributed by atoms with Crippen LogP contribution in [0.4, 0.5) is 10.1 Å². The molecule has 2 aromatic carbocycles. The minimum Gasteiger partial charge on any atom is -0.323 e. The van der Waals surface area contributed by atoms with E-state index in [-0.39, 0.29) is 35.6 Å². The highest BCUT2D eigenvalue weighted by Crippen LogP contribution is 2.27. The predicted octanol–water partition coefficient (Wildman–Crippen LogP) is 4.38. The number of aryl methyl sites for hydroxylation is 1. The maximum atomic E-state index is 13.5. The maximum absolute atomic E-state index is 13.5. The van der Waals surface area contributed by atoms with Crippen molar-refractivity contribution in [1.29, 1.82) is 0 Å². The van der Waals surface area contributed by atoms with Crippen LogP contribution in [0, 0.1) is 25.6 Å². The first-order valence-corrected chi connectivity index (χ1v) is 12.8. The fourth-order valence-corrected chi connectivity index (χ4v) is 5.77. The summed E-state index contributed by atoms with van der Waals surface area (Å²) in [7, 11) is -3.63. The number of anilines is 1. The Balaban J connectivity index is 1.39. The molecule has 0 aliphatic carbocycles. The molecule has 0 saturated carbocycles. The number of halogens is 2. The Kier molecular flexibility index (Phi) is 7.06. The molecule has 4 rings (SSSR count). The molecule has 1 N–H and O–H groups in total. The van der Waals surface area contributed by atoms with Crippen molar-refractivity contribution in [2.24, 2.45) is 5.92 Å². The van der Waals surface area contributed by atoms with Gasteiger partial charge in [-0.25, -0.2) is 12.8 Å². The van der Waals surface area contributed by atoms with Crippen molar-refractivity contribution in [2.75, 3.05) is 18.4 Å². The number of nitrogens with one attached hydrogen (secondary N) is 1. The van der Waals surface area contributed by atoms with Gasteiger partial charge in [0, 0.05) is 24.0 Å². The number of carbonyl (C=O) groups excluding carboxylic acids is 1. The average molecular weight is 505 g/mol. The minimum absolute atomic E-state index is 0.153. The number of hydrogen-bond acceptors (Lipinski definition) is 4. The van der Waals surface area contributed by atoms with Crippen LogP contribution in [0.15, 0.2) is 53.4 Å². The summed E-state index contributed by atoms with van der Waals surface area (Å²) in [6.07, 6.45) is 0.850. The molecular weight excluding hydrogens is 479 g/mol. The molecule has 1 fully saturated rings. The van der Waals surface area contributed by atoms with E-state index in [4.69, 9.17) is 11.6 Å². The summed E-state index contributed by atoms with van der Waals surface area (Å²) < 4.78 is 42.4. The number of aromatic nitrogens is 2. The third kappa shape index (κ3) is 5.16. The van der Waals surface area contributed by atoms with Crippen LogP contribution in [-0.4, -0.2) is 41.5 Å². The molecule has 7 nitrogen and oxygen atoms in total. The Labute approximate surface area is 203 Å². The average Bonchev–Trinajstić information content (AvgIpc) is 3.06. The van der Waals surface area contributed by atoms with E-state index < -0.39 is 10.0 Å². The van der Waals surface area contributed by atoms with Gasteiger partial charge in [-0.05, 0) is 68.7 Å². The summed E-state index contributed by atoms with van der Waals surface area (Å²) >= 11 is 5.86. The van der Waals surface area contributed by atoms with Gasteiger partial charge in [0.2, 0.25) is 15.9 Å². The van der Waals surface area contributed by atoms with Gasteiger partial charge in [-0.1, -0.05) is 23.7 Å². The topological polar surface area (TPSA) is 84.3 Å². The number of amides is 1. The first kappa shape index (κ1) is 24.4. The molecule has 1 saturated heterocycles. The monoisotopic (exact) mass is 504 g/mol. The van der Waals surface area contributed by atoms with E-state index in [2.05, 4.69) is 10.4 Å². The highest BCUT2D eigenvalue weighted by Gasteiger charge is 2.32. The highest BCUT2D eigenvalue weighted by molar-refractivity contribution is 7.89. The summed E-state index contributed by atoms with van der Waals surface area (Å²) in [6, 6.07) is 12.4. The van der Waals surface area contributed by atoms with Crippen molar-refractivity contribution in [3.8, 4) is 0 Å². The van der Waals surface area contributed by atoms with Crippen LogP contribution >= 0.6 is 11.6 Å². The van der Waals surface area contributed by atoms with E-state index in [1.807, 2.05) is 19.9 Å². The second-order valence-electron chi connectivity index (χ2n) is 8.45. The molecule has 0 bridgehead atoms. The minimum atomic E-state index is -3.63. The van der Waals surface area contributed by atoms with Crippen LogP contribution < -0.4 is 5.32 Å². The van der Waals surface area contributed by atoms with Gasteiger partial charge in [0.15, 0.2) is 0 Å². The molecule has 3 aromatic rings. The first-order chi connectivity index (χ1) is 16.1. The molecule has 1 aliphatic heterocycles. The summed E-state index contributed by atoms with van der Waals surface area (Å²) in [5.41, 5.74) is 2.86. The van der Waals surface area contributed by atoms with Gasteiger partial charge in [0.1, 0.15) is 5.82 Å². The van der Waals surface area contributed by atoms with Crippen LogP contribution in [-0.2, 0) is 21.4 Å². The zero-order valence-corrected chi connectivity index (χ0v) is 20.5. The van der Waals surface area contributed by atoms with Crippen molar-refractivity contribution >= 4 is 33.2 Å². The predicted molar refractivity (Wildman–Crippen MR) is 129 cm³/mol. The lowest BCUT2D eigenvalue weighted by Crippen LogP contribution is -2.41. The van der Waals surface area contributed by atoms with E-state index in [1.165, 1.54) is 28.6 Å². The van der Waals surface area contributed by atoms with Gasteiger partial charge in [-0.15, -0.1) is 0 Å². The molecule has 1 aromatic heterocycles. The van der Waals surface area contributed by atoms with Gasteiger partial charge in [0.25, 0.3) is 0 Å². The molecule has 0 spiro atoms. The van der Waals surface area contributed by atoms with Crippen LogP contribution in [0.5, 0.6) is 0 Å². The van der Waals surface area contributed by atoms with E-state index in [0.717, 1.165) is 11.3 Å². The second-order valence-corrected chi connectivity index (χ2v) is 10.8. The zero-order valence-electron chi connectivity index (χ0n) is 19.0. The number of rotatable bonds is 6. The Morgan fingerprint density at radius 1 is 1.15 bits per heavy atom. The molecule has 1 amide bonds. The van der Waals surface area contributed by atoms with E-state index >= 15 is 0 Å². The molecule has 10 heteroatoms. The number of hydrogen-bond donors (Lipinski definition) is 1. The zero-order chi connectivity index (χ0) is 24.5. The van der Waals surface area contributed by atoms with E-state index in [9.17, 15) is 17.6 Å². The lowest BCUT2D eigenvalue weighted by atomic mass is 9.97. The number of carbonyl (C=O) groups is 1. The normalized spacial score (nSPS) is 15.4. The van der Waals surface area contributed by atoms with E-state index in [0.29, 0.717) is 35.8 Å². The van der Waals surface area contributed by atoms with E-state index in [1.54, 1.807) is 22.9 Å². The van der Waals surface area contributed by atoms with Crippen molar-refractivity contribution in [1.82, 2.24) is 14.1 Å². The number of piperidine rings is 1. The molecule has 180 valence electrons. The van der Waals surface area contributed by atoms with Gasteiger partial charge in [0.05, 0.1) is 28.5 Å². The lowest BCUT2D eigenvalue weighted by molar-refractivity contribution is -0.120. The van der Waals surface area contributed by atoms with Crippen LogP contribution in [0.25, 0.3) is 0 Å². The van der Waals surface area contributed by atoms with Crippen LogP contribution in [0.3, 0.4) is 0 Å². The summed E-state index contributed by atoms with van der Waals surface area (Å²) in [5, 5.41) is 7.95. The quantitative estimate of drug-likeness (QED) is 0.540. The van der Waals surface area contributed by atoms with Gasteiger partial charge in [-0.2, -0.15) is 9.40 Å². The summed E-state index contributed by atoms with van der Waals surface area (Å²) in [5.74, 6) is -0.765. The SMILES string of the molecule is Cc1nn(Cc2cccc(F)c2)c(C)c1NC(=O)C1CCN(S(=O)(=O)c2ccc(Cl)cc2)CC1. The Morgan fingerprint density at radius 3 is 2.47 bits per heavy atom. The lowest BCUT2D eigenvalue weighted by Gasteiger charge is -2.30. The largest absolute Gasteiger partial charge is 0.323 e. The molecular formula is C24H26ClFN4O3S. The van der Waals surface area contributed by atoms with Crippen molar-refractivity contribution in [3.63, 3.8) is 0 Å². The van der Waals surface area contributed by atoms with Crippen molar-refractivity contribution < 1.29 is 17.6 Å². The van der Waals surface area contributed by atoms with Crippen LogP contribution in [0.1, 0.15) is 29.8 Å². The maximum Gasteiger partial charge on any atom is 0.243 e. The van der Waals surface area contributed by atoms with Crippen molar-refractivity contribution in [3.05, 3.63) is 76.3 Å². The van der Waals surface area contributed by atoms with Gasteiger partial charge in [-0.3, -0.25) is 9.48 Å². The molecule has 0 radical (unpaired) electrons. The van der Waals surface area contributed by atoms with Gasteiger partial charge >= 0.3 is 0 Å². The molecule has 34 heavy (non-hydrogen) atoms. The Morgan fingerprint density at radius 2 is 1.82 bits per heavy atom. The van der Waals surface area contributed by atoms with Crippen molar-refractivity contribution in [2.45, 2.75) is 38.1 Å². The highest BCUT2D eigenvalue weighted by atomic mass is 35.5. The second kappa shape index (κ2) is 9.85. The number of benzene rings is 2.